The fourth-order valence-corrected chi connectivity index (χ4v) is 4.35. The molecule has 2 heteroatoms. The third kappa shape index (κ3) is 1.83. The fourth-order valence-electron chi connectivity index (χ4n) is 4.35. The van der Waals surface area contributed by atoms with Crippen LogP contribution < -0.4 is 9.64 Å². The minimum atomic E-state index is 0.310. The van der Waals surface area contributed by atoms with Gasteiger partial charge in [0.2, 0.25) is 0 Å². The van der Waals surface area contributed by atoms with Crippen molar-refractivity contribution in [1.82, 2.24) is 0 Å². The van der Waals surface area contributed by atoms with Gasteiger partial charge in [0, 0.05) is 5.69 Å². The smallest absolute Gasteiger partial charge is 0.119 e. The number of methoxy groups -OCH3 is 1. The van der Waals surface area contributed by atoms with E-state index in [1.54, 1.807) is 7.11 Å². The second kappa shape index (κ2) is 5.13. The van der Waals surface area contributed by atoms with Crippen molar-refractivity contribution in [3.8, 4) is 5.75 Å². The quantitative estimate of drug-likeness (QED) is 0.667. The molecule has 0 saturated heterocycles. The van der Waals surface area contributed by atoms with Crippen LogP contribution >= 0.6 is 0 Å². The van der Waals surface area contributed by atoms with Gasteiger partial charge >= 0.3 is 0 Å². The summed E-state index contributed by atoms with van der Waals surface area (Å²) in [5.74, 6) is 0.904. The highest BCUT2D eigenvalue weighted by molar-refractivity contribution is 5.65. The highest BCUT2D eigenvalue weighted by Crippen LogP contribution is 2.53. The number of benzene rings is 3. The van der Waals surface area contributed by atoms with Crippen LogP contribution in [-0.4, -0.2) is 7.11 Å². The maximum Gasteiger partial charge on any atom is 0.119 e. The van der Waals surface area contributed by atoms with Crippen LogP contribution in [0.4, 0.5) is 5.69 Å². The summed E-state index contributed by atoms with van der Waals surface area (Å²) < 4.78 is 5.33. The van der Waals surface area contributed by atoms with Gasteiger partial charge in [-0.3, -0.25) is 0 Å². The molecule has 2 bridgehead atoms. The molecule has 24 heavy (non-hydrogen) atoms. The van der Waals surface area contributed by atoms with Crippen LogP contribution in [0.1, 0.15) is 34.3 Å². The predicted molar refractivity (Wildman–Crippen MR) is 96.6 cm³/mol. The molecule has 0 spiro atoms. The van der Waals surface area contributed by atoms with Crippen LogP contribution in [0.2, 0.25) is 0 Å². The summed E-state index contributed by atoms with van der Waals surface area (Å²) in [7, 11) is 1.71. The maximum atomic E-state index is 5.33. The third-order valence-electron chi connectivity index (χ3n) is 5.40. The zero-order valence-corrected chi connectivity index (χ0v) is 13.6. The second-order valence-electron chi connectivity index (χ2n) is 6.56. The molecule has 2 nitrogen and oxygen atoms in total. The van der Waals surface area contributed by atoms with E-state index in [9.17, 15) is 0 Å². The lowest BCUT2D eigenvalue weighted by Crippen LogP contribution is -2.32. The van der Waals surface area contributed by atoms with Crippen molar-refractivity contribution in [1.29, 1.82) is 0 Å². The van der Waals surface area contributed by atoms with Gasteiger partial charge in [-0.2, -0.15) is 0 Å². The largest absolute Gasteiger partial charge is 0.497 e. The molecule has 2 atom stereocenters. The van der Waals surface area contributed by atoms with Crippen LogP contribution in [-0.2, 0) is 6.42 Å². The molecule has 0 amide bonds. The first kappa shape index (κ1) is 13.7. The second-order valence-corrected chi connectivity index (χ2v) is 6.56. The van der Waals surface area contributed by atoms with E-state index in [-0.39, 0.29) is 0 Å². The van der Waals surface area contributed by atoms with Crippen LogP contribution in [0.25, 0.3) is 0 Å². The van der Waals surface area contributed by atoms with E-state index < -0.39 is 0 Å². The summed E-state index contributed by atoms with van der Waals surface area (Å²) in [5.41, 5.74) is 7.09. The zero-order valence-electron chi connectivity index (χ0n) is 13.6. The summed E-state index contributed by atoms with van der Waals surface area (Å²) >= 11 is 0. The molecular weight excluding hydrogens is 294 g/mol. The van der Waals surface area contributed by atoms with Gasteiger partial charge in [-0.1, -0.05) is 48.5 Å². The Labute approximate surface area is 142 Å². The third-order valence-corrected chi connectivity index (χ3v) is 5.40. The van der Waals surface area contributed by atoms with Crippen LogP contribution in [0.3, 0.4) is 0 Å². The van der Waals surface area contributed by atoms with Gasteiger partial charge in [-0.05, 0) is 52.9 Å². The molecule has 3 aromatic carbocycles. The summed E-state index contributed by atoms with van der Waals surface area (Å²) in [6, 6.07) is 27.0. The Morgan fingerprint density at radius 2 is 1.46 bits per heavy atom. The van der Waals surface area contributed by atoms with Crippen molar-refractivity contribution < 1.29 is 4.74 Å². The van der Waals surface area contributed by atoms with Gasteiger partial charge in [-0.25, -0.2) is 0 Å². The zero-order chi connectivity index (χ0) is 16.1. The molecule has 5 rings (SSSR count). The summed E-state index contributed by atoms with van der Waals surface area (Å²) in [4.78, 5) is 2.58. The number of hydrogen-bond acceptors (Lipinski definition) is 2. The first-order valence-corrected chi connectivity index (χ1v) is 8.46. The van der Waals surface area contributed by atoms with E-state index in [2.05, 4.69) is 77.7 Å². The van der Waals surface area contributed by atoms with Gasteiger partial charge in [-0.15, -0.1) is 0 Å². The molecule has 118 valence electrons. The van der Waals surface area contributed by atoms with Crippen molar-refractivity contribution >= 4 is 5.69 Å². The van der Waals surface area contributed by atoms with Crippen molar-refractivity contribution in [2.24, 2.45) is 0 Å². The SMILES string of the molecule is COc1ccc(N2[C@@H]3c4ccccc4C[C@H]2c2ccccc23)cc1. The number of fused-ring (bicyclic) bond motifs is 7. The Bertz CT molecular complexity index is 889. The van der Waals surface area contributed by atoms with Gasteiger partial charge in [0.15, 0.2) is 0 Å². The first-order chi connectivity index (χ1) is 11.9. The number of anilines is 1. The average molecular weight is 313 g/mol. The lowest BCUT2D eigenvalue weighted by Gasteiger charge is -2.38. The number of rotatable bonds is 2. The van der Waals surface area contributed by atoms with E-state index in [1.807, 2.05) is 0 Å². The molecule has 0 aromatic heterocycles. The molecule has 2 aliphatic rings. The lowest BCUT2D eigenvalue weighted by atomic mass is 9.91. The fraction of sp³-hybridized carbons (Fsp3) is 0.182. The van der Waals surface area contributed by atoms with Gasteiger partial charge < -0.3 is 9.64 Å². The number of ether oxygens (including phenoxy) is 1. The Morgan fingerprint density at radius 3 is 2.21 bits per heavy atom. The lowest BCUT2D eigenvalue weighted by molar-refractivity contribution is 0.414. The Morgan fingerprint density at radius 1 is 0.792 bits per heavy atom. The van der Waals surface area contributed by atoms with E-state index in [0.717, 1.165) is 12.2 Å². The molecule has 0 fully saturated rings. The van der Waals surface area contributed by atoms with E-state index in [1.165, 1.54) is 27.9 Å². The number of hydrogen-bond donors (Lipinski definition) is 0. The molecule has 3 aromatic rings. The molecule has 0 saturated carbocycles. The normalized spacial score (nSPS) is 20.5. The molecule has 0 unspecified atom stereocenters. The predicted octanol–water partition coefficient (Wildman–Crippen LogP) is 4.90. The summed E-state index contributed by atoms with van der Waals surface area (Å²) in [6.45, 7) is 0. The van der Waals surface area contributed by atoms with E-state index in [4.69, 9.17) is 4.74 Å². The van der Waals surface area contributed by atoms with Crippen molar-refractivity contribution in [3.63, 3.8) is 0 Å². The van der Waals surface area contributed by atoms with Crippen LogP contribution in [0.5, 0.6) is 5.75 Å². The highest BCUT2D eigenvalue weighted by atomic mass is 16.5. The molecule has 2 heterocycles. The topological polar surface area (TPSA) is 12.5 Å². The highest BCUT2D eigenvalue weighted by Gasteiger charge is 2.43. The minimum absolute atomic E-state index is 0.310. The Balaban J connectivity index is 1.69. The Kier molecular flexibility index (Phi) is 2.93. The summed E-state index contributed by atoms with van der Waals surface area (Å²) in [5, 5.41) is 0. The van der Waals surface area contributed by atoms with Crippen molar-refractivity contribution in [3.05, 3.63) is 95.1 Å². The number of nitrogens with zero attached hydrogens (tertiary/aromatic N) is 1. The summed E-state index contributed by atoms with van der Waals surface area (Å²) in [6.07, 6.45) is 1.07. The molecule has 0 N–H and O–H groups in total. The first-order valence-electron chi connectivity index (χ1n) is 8.46. The van der Waals surface area contributed by atoms with Gasteiger partial charge in [0.25, 0.3) is 0 Å². The van der Waals surface area contributed by atoms with Crippen LogP contribution in [0.15, 0.2) is 72.8 Å². The standard InChI is InChI=1S/C22H19NO/c1-24-17-12-10-16(11-13-17)23-21-14-15-6-2-3-7-18(15)22(23)20-9-5-4-8-19(20)21/h2-13,21-22H,14H2,1H3/t21-,22+/m0/s1. The maximum absolute atomic E-state index is 5.33. The van der Waals surface area contributed by atoms with E-state index >= 15 is 0 Å². The van der Waals surface area contributed by atoms with Crippen molar-refractivity contribution in [2.75, 3.05) is 12.0 Å². The van der Waals surface area contributed by atoms with E-state index in [0.29, 0.717) is 12.1 Å². The minimum Gasteiger partial charge on any atom is -0.497 e. The van der Waals surface area contributed by atoms with Gasteiger partial charge in [0.05, 0.1) is 19.2 Å². The van der Waals surface area contributed by atoms with Crippen LogP contribution in [0, 0.1) is 0 Å². The van der Waals surface area contributed by atoms with Crippen molar-refractivity contribution in [2.45, 2.75) is 18.5 Å². The average Bonchev–Trinajstić information content (AvgIpc) is 2.89. The van der Waals surface area contributed by atoms with Gasteiger partial charge in [0.1, 0.15) is 5.75 Å². The molecule has 0 radical (unpaired) electrons. The molecule has 2 aliphatic heterocycles. The monoisotopic (exact) mass is 313 g/mol. The Hall–Kier alpha value is -2.74. The molecular formula is C22H19NO. The molecule has 0 aliphatic carbocycles.